The molecule has 15 heavy (non-hydrogen) atoms. The minimum atomic E-state index is 0.514. The van der Waals surface area contributed by atoms with Gasteiger partial charge in [-0.05, 0) is 38.8 Å². The summed E-state index contributed by atoms with van der Waals surface area (Å²) in [7, 11) is 0. The number of ether oxygens (including phenoxy) is 1. The van der Waals surface area contributed by atoms with E-state index in [-0.39, 0.29) is 0 Å². The molecule has 0 aliphatic carbocycles. The molecule has 2 atom stereocenters. The van der Waals surface area contributed by atoms with Crippen molar-refractivity contribution in [3.05, 3.63) is 0 Å². The van der Waals surface area contributed by atoms with Gasteiger partial charge in [-0.15, -0.1) is 0 Å². The van der Waals surface area contributed by atoms with Gasteiger partial charge < -0.3 is 10.1 Å². The lowest BCUT2D eigenvalue weighted by Crippen LogP contribution is -2.43. The van der Waals surface area contributed by atoms with Crippen LogP contribution in [0.25, 0.3) is 0 Å². The molecule has 1 N–H and O–H groups in total. The van der Waals surface area contributed by atoms with Crippen LogP contribution < -0.4 is 5.32 Å². The Morgan fingerprint density at radius 1 is 1.33 bits per heavy atom. The Labute approximate surface area is 93.2 Å². The van der Waals surface area contributed by atoms with E-state index < -0.39 is 0 Å². The van der Waals surface area contributed by atoms with Crippen LogP contribution in [-0.4, -0.2) is 49.8 Å². The summed E-state index contributed by atoms with van der Waals surface area (Å²) in [6.45, 7) is 8.05. The van der Waals surface area contributed by atoms with E-state index in [0.717, 1.165) is 19.2 Å². The zero-order chi connectivity index (χ0) is 10.5. The van der Waals surface area contributed by atoms with Crippen LogP contribution in [0, 0.1) is 0 Å². The van der Waals surface area contributed by atoms with E-state index in [4.69, 9.17) is 4.74 Å². The molecule has 2 fully saturated rings. The minimum Gasteiger partial charge on any atom is -0.378 e. The number of nitrogens with zero attached hydrogens (tertiary/aromatic N) is 1. The van der Waals surface area contributed by atoms with Gasteiger partial charge in [0.1, 0.15) is 0 Å². The average Bonchev–Trinajstić information content (AvgIpc) is 2.58. The van der Waals surface area contributed by atoms with Crippen LogP contribution in [0.4, 0.5) is 0 Å². The fraction of sp³-hybridized carbons (Fsp3) is 1.00. The first-order chi connectivity index (χ1) is 7.40. The quantitative estimate of drug-likeness (QED) is 0.745. The van der Waals surface area contributed by atoms with Crippen molar-refractivity contribution in [1.82, 2.24) is 10.2 Å². The smallest absolute Gasteiger partial charge is 0.0587 e. The molecule has 0 saturated carbocycles. The van der Waals surface area contributed by atoms with Gasteiger partial charge in [-0.25, -0.2) is 0 Å². The molecule has 0 bridgehead atoms. The van der Waals surface area contributed by atoms with E-state index in [2.05, 4.69) is 17.1 Å². The molecule has 0 aromatic rings. The van der Waals surface area contributed by atoms with Crippen LogP contribution in [-0.2, 0) is 4.74 Å². The number of nitrogens with one attached hydrogen (secondary N) is 1. The zero-order valence-electron chi connectivity index (χ0n) is 9.87. The monoisotopic (exact) mass is 212 g/mol. The molecule has 0 aromatic heterocycles. The Morgan fingerprint density at radius 2 is 2.27 bits per heavy atom. The fourth-order valence-corrected chi connectivity index (χ4v) is 2.71. The van der Waals surface area contributed by atoms with Crippen molar-refractivity contribution in [2.45, 2.75) is 44.8 Å². The maximum Gasteiger partial charge on any atom is 0.0587 e. The largest absolute Gasteiger partial charge is 0.378 e. The van der Waals surface area contributed by atoms with Gasteiger partial charge in [0.15, 0.2) is 0 Å². The first-order valence-corrected chi connectivity index (χ1v) is 6.46. The van der Waals surface area contributed by atoms with Crippen molar-refractivity contribution < 1.29 is 4.74 Å². The van der Waals surface area contributed by atoms with E-state index in [1.165, 1.54) is 45.3 Å². The molecule has 3 nitrogen and oxygen atoms in total. The molecule has 2 unspecified atom stereocenters. The highest BCUT2D eigenvalue weighted by Gasteiger charge is 2.26. The minimum absolute atomic E-state index is 0.514. The molecule has 3 heteroatoms. The summed E-state index contributed by atoms with van der Waals surface area (Å²) in [4.78, 5) is 2.67. The van der Waals surface area contributed by atoms with Crippen LogP contribution >= 0.6 is 0 Å². The van der Waals surface area contributed by atoms with Crippen LogP contribution in [0.2, 0.25) is 0 Å². The molecule has 88 valence electrons. The SMILES string of the molecule is CCC1CC(N2CCCNCC2)CCO1. The summed E-state index contributed by atoms with van der Waals surface area (Å²) in [5.74, 6) is 0. The third kappa shape index (κ3) is 3.16. The van der Waals surface area contributed by atoms with Crippen LogP contribution in [0.3, 0.4) is 0 Å². The molecule has 0 amide bonds. The maximum absolute atomic E-state index is 5.74. The van der Waals surface area contributed by atoms with E-state index in [0.29, 0.717) is 6.10 Å². The summed E-state index contributed by atoms with van der Waals surface area (Å²) in [6.07, 6.45) is 5.46. The van der Waals surface area contributed by atoms with Crippen LogP contribution in [0.15, 0.2) is 0 Å². The molecular formula is C12H24N2O. The fourth-order valence-electron chi connectivity index (χ4n) is 2.71. The molecule has 2 rings (SSSR count). The third-order valence-corrected chi connectivity index (χ3v) is 3.69. The van der Waals surface area contributed by atoms with Gasteiger partial charge in [0.2, 0.25) is 0 Å². The van der Waals surface area contributed by atoms with Crippen molar-refractivity contribution >= 4 is 0 Å². The third-order valence-electron chi connectivity index (χ3n) is 3.69. The molecule has 2 heterocycles. The summed E-state index contributed by atoms with van der Waals surface area (Å²) in [5.41, 5.74) is 0. The van der Waals surface area contributed by atoms with Crippen LogP contribution in [0.5, 0.6) is 0 Å². The summed E-state index contributed by atoms with van der Waals surface area (Å²) in [5, 5.41) is 3.47. The molecule has 0 spiro atoms. The average molecular weight is 212 g/mol. The van der Waals surface area contributed by atoms with E-state index in [9.17, 15) is 0 Å². The molecule has 2 aliphatic rings. The van der Waals surface area contributed by atoms with E-state index in [1.54, 1.807) is 0 Å². The van der Waals surface area contributed by atoms with Crippen molar-refractivity contribution in [1.29, 1.82) is 0 Å². The second kappa shape index (κ2) is 5.83. The molecular weight excluding hydrogens is 188 g/mol. The van der Waals surface area contributed by atoms with Gasteiger partial charge >= 0.3 is 0 Å². The van der Waals surface area contributed by atoms with Crippen molar-refractivity contribution in [3.8, 4) is 0 Å². The van der Waals surface area contributed by atoms with Gasteiger partial charge in [-0.2, -0.15) is 0 Å². The summed E-state index contributed by atoms with van der Waals surface area (Å²) >= 11 is 0. The second-order valence-electron chi connectivity index (χ2n) is 4.72. The molecule has 0 radical (unpaired) electrons. The van der Waals surface area contributed by atoms with Gasteiger partial charge in [0.05, 0.1) is 6.10 Å². The molecule has 2 saturated heterocycles. The summed E-state index contributed by atoms with van der Waals surface area (Å²) < 4.78 is 5.74. The Kier molecular flexibility index (Phi) is 4.42. The zero-order valence-corrected chi connectivity index (χ0v) is 9.87. The van der Waals surface area contributed by atoms with Crippen LogP contribution in [0.1, 0.15) is 32.6 Å². The van der Waals surface area contributed by atoms with Gasteiger partial charge in [-0.1, -0.05) is 6.92 Å². The lowest BCUT2D eigenvalue weighted by molar-refractivity contribution is -0.0270. The number of rotatable bonds is 2. The Morgan fingerprint density at radius 3 is 3.13 bits per heavy atom. The number of hydrogen-bond acceptors (Lipinski definition) is 3. The summed E-state index contributed by atoms with van der Waals surface area (Å²) in [6, 6.07) is 0.781. The normalized spacial score (nSPS) is 35.0. The molecule has 0 aromatic carbocycles. The van der Waals surface area contributed by atoms with Gasteiger partial charge in [-0.3, -0.25) is 4.90 Å². The Hall–Kier alpha value is -0.120. The first-order valence-electron chi connectivity index (χ1n) is 6.46. The maximum atomic E-state index is 5.74. The lowest BCUT2D eigenvalue weighted by Gasteiger charge is -2.36. The van der Waals surface area contributed by atoms with Crippen molar-refractivity contribution in [3.63, 3.8) is 0 Å². The predicted octanol–water partition coefficient (Wildman–Crippen LogP) is 1.24. The second-order valence-corrected chi connectivity index (χ2v) is 4.72. The predicted molar refractivity (Wildman–Crippen MR) is 62.1 cm³/mol. The number of hydrogen-bond donors (Lipinski definition) is 1. The Bertz CT molecular complexity index is 178. The van der Waals surface area contributed by atoms with Gasteiger partial charge in [0.25, 0.3) is 0 Å². The highest BCUT2D eigenvalue weighted by Crippen LogP contribution is 2.21. The highest BCUT2D eigenvalue weighted by molar-refractivity contribution is 4.80. The van der Waals surface area contributed by atoms with Gasteiger partial charge in [0, 0.05) is 25.7 Å². The van der Waals surface area contributed by atoms with Crippen molar-refractivity contribution in [2.24, 2.45) is 0 Å². The first kappa shape index (κ1) is 11.4. The highest BCUT2D eigenvalue weighted by atomic mass is 16.5. The lowest BCUT2D eigenvalue weighted by atomic mass is 10.00. The topological polar surface area (TPSA) is 24.5 Å². The Balaban J connectivity index is 1.84. The van der Waals surface area contributed by atoms with E-state index >= 15 is 0 Å². The molecule has 2 aliphatic heterocycles. The van der Waals surface area contributed by atoms with Crippen molar-refractivity contribution in [2.75, 3.05) is 32.8 Å². The van der Waals surface area contributed by atoms with E-state index in [1.807, 2.05) is 0 Å². The standard InChI is InChI=1S/C12H24N2O/c1-2-12-10-11(4-9-15-12)14-7-3-5-13-6-8-14/h11-13H,2-10H2,1H3.